The summed E-state index contributed by atoms with van der Waals surface area (Å²) in [5.74, 6) is -0.682. The van der Waals surface area contributed by atoms with Gasteiger partial charge in [-0.25, -0.2) is 0 Å². The molecule has 0 fully saturated rings. The molecule has 4 nitrogen and oxygen atoms in total. The van der Waals surface area contributed by atoms with E-state index in [0.717, 1.165) is 5.56 Å². The van der Waals surface area contributed by atoms with Crippen LogP contribution in [-0.4, -0.2) is 37.4 Å². The van der Waals surface area contributed by atoms with Gasteiger partial charge in [0.2, 0.25) is 11.8 Å². The molecule has 0 aliphatic heterocycles. The van der Waals surface area contributed by atoms with E-state index in [9.17, 15) is 9.59 Å². The summed E-state index contributed by atoms with van der Waals surface area (Å²) in [5.41, 5.74) is 0.889. The van der Waals surface area contributed by atoms with Crippen molar-refractivity contribution in [2.75, 3.05) is 20.6 Å². The molecule has 0 aliphatic carbocycles. The number of carbonyl (C=O) groups excluding carboxylic acids is 2. The van der Waals surface area contributed by atoms with Gasteiger partial charge in [-0.3, -0.25) is 9.59 Å². The third-order valence-electron chi connectivity index (χ3n) is 2.61. The number of hydrogen-bond acceptors (Lipinski definition) is 2. The van der Waals surface area contributed by atoms with Gasteiger partial charge in [-0.2, -0.15) is 0 Å². The highest BCUT2D eigenvalue weighted by Crippen LogP contribution is 2.16. The number of rotatable bonds is 5. The highest BCUT2D eigenvalue weighted by atomic mass is 16.2. The van der Waals surface area contributed by atoms with Crippen molar-refractivity contribution in [1.29, 1.82) is 0 Å². The van der Waals surface area contributed by atoms with Crippen LogP contribution in [0.2, 0.25) is 0 Å². The molecular formula is C14H18N2O2. The fourth-order valence-corrected chi connectivity index (χ4v) is 1.62. The van der Waals surface area contributed by atoms with E-state index in [-0.39, 0.29) is 24.3 Å². The second kappa shape index (κ2) is 6.59. The zero-order valence-electron chi connectivity index (χ0n) is 10.7. The zero-order chi connectivity index (χ0) is 13.5. The summed E-state index contributed by atoms with van der Waals surface area (Å²) >= 11 is 0. The molecular weight excluding hydrogens is 228 g/mol. The summed E-state index contributed by atoms with van der Waals surface area (Å²) in [7, 11) is 3.40. The van der Waals surface area contributed by atoms with Crippen LogP contribution in [-0.2, 0) is 9.59 Å². The number of nitrogens with one attached hydrogen (secondary N) is 1. The quantitative estimate of drug-likeness (QED) is 0.793. The molecule has 0 heterocycles. The summed E-state index contributed by atoms with van der Waals surface area (Å²) in [6.07, 6.45) is 1.20. The highest BCUT2D eigenvalue weighted by molar-refractivity contribution is 5.88. The largest absolute Gasteiger partial charge is 0.351 e. The van der Waals surface area contributed by atoms with Crippen molar-refractivity contribution in [3.63, 3.8) is 0 Å². The van der Waals surface area contributed by atoms with Gasteiger partial charge in [0.05, 0.1) is 5.92 Å². The van der Waals surface area contributed by atoms with E-state index < -0.39 is 0 Å². The van der Waals surface area contributed by atoms with Crippen molar-refractivity contribution in [2.45, 2.75) is 5.92 Å². The lowest BCUT2D eigenvalue weighted by Gasteiger charge is -2.21. The second-order valence-corrected chi connectivity index (χ2v) is 4.15. The Morgan fingerprint density at radius 2 is 1.94 bits per heavy atom. The van der Waals surface area contributed by atoms with Gasteiger partial charge in [-0.05, 0) is 11.6 Å². The van der Waals surface area contributed by atoms with Crippen LogP contribution in [0.15, 0.2) is 43.0 Å². The molecule has 96 valence electrons. The van der Waals surface area contributed by atoms with Crippen molar-refractivity contribution < 1.29 is 9.59 Å². The van der Waals surface area contributed by atoms with Gasteiger partial charge >= 0.3 is 0 Å². The lowest BCUT2D eigenvalue weighted by atomic mass is 9.97. The molecule has 1 aromatic rings. The number of nitrogens with zero attached hydrogens (tertiary/aromatic N) is 1. The van der Waals surface area contributed by atoms with E-state index in [1.165, 1.54) is 11.0 Å². The molecule has 1 rings (SSSR count). The smallest absolute Gasteiger partial charge is 0.243 e. The number of amides is 2. The minimum Gasteiger partial charge on any atom is -0.351 e. The summed E-state index contributed by atoms with van der Waals surface area (Å²) in [5, 5.41) is 2.66. The summed E-state index contributed by atoms with van der Waals surface area (Å²) in [6.45, 7) is 3.65. The molecule has 1 atom stereocenters. The predicted octanol–water partition coefficient (Wildman–Crippen LogP) is 1.16. The van der Waals surface area contributed by atoms with Crippen LogP contribution in [0.4, 0.5) is 0 Å². The first kappa shape index (κ1) is 14.0. The maximum atomic E-state index is 12.1. The molecule has 0 saturated carbocycles. The zero-order valence-corrected chi connectivity index (χ0v) is 10.7. The lowest BCUT2D eigenvalue weighted by molar-refractivity contribution is -0.130. The van der Waals surface area contributed by atoms with Gasteiger partial charge in [0.25, 0.3) is 0 Å². The molecule has 0 bridgehead atoms. The molecule has 1 unspecified atom stereocenters. The Hall–Kier alpha value is -2.10. The van der Waals surface area contributed by atoms with Crippen molar-refractivity contribution in [3.05, 3.63) is 48.6 Å². The molecule has 18 heavy (non-hydrogen) atoms. The fourth-order valence-electron chi connectivity index (χ4n) is 1.62. The van der Waals surface area contributed by atoms with E-state index in [1.807, 2.05) is 30.3 Å². The average Bonchev–Trinajstić information content (AvgIpc) is 2.39. The summed E-state index contributed by atoms with van der Waals surface area (Å²) in [6, 6.07) is 9.41. The van der Waals surface area contributed by atoms with Gasteiger partial charge < -0.3 is 10.2 Å². The monoisotopic (exact) mass is 246 g/mol. The van der Waals surface area contributed by atoms with E-state index in [4.69, 9.17) is 0 Å². The fraction of sp³-hybridized carbons (Fsp3) is 0.286. The topological polar surface area (TPSA) is 49.4 Å². The van der Waals surface area contributed by atoms with Crippen LogP contribution >= 0.6 is 0 Å². The van der Waals surface area contributed by atoms with Crippen molar-refractivity contribution in [3.8, 4) is 0 Å². The Morgan fingerprint density at radius 3 is 2.44 bits per heavy atom. The third-order valence-corrected chi connectivity index (χ3v) is 2.61. The third kappa shape index (κ3) is 3.73. The summed E-state index contributed by atoms with van der Waals surface area (Å²) < 4.78 is 0. The second-order valence-electron chi connectivity index (χ2n) is 4.15. The standard InChI is InChI=1S/C14H18N2O2/c1-4-13(17)15-10-12(14(18)16(2)3)11-8-6-5-7-9-11/h4-9,12H,1,10H2,2-3H3,(H,15,17). The Labute approximate surface area is 107 Å². The first-order chi connectivity index (χ1) is 8.56. The molecule has 0 saturated heterocycles. The van der Waals surface area contributed by atoms with E-state index in [1.54, 1.807) is 14.1 Å². The van der Waals surface area contributed by atoms with Crippen LogP contribution < -0.4 is 5.32 Å². The maximum Gasteiger partial charge on any atom is 0.243 e. The Kier molecular flexibility index (Phi) is 5.11. The molecule has 0 radical (unpaired) electrons. The molecule has 0 spiro atoms. The average molecular weight is 246 g/mol. The van der Waals surface area contributed by atoms with E-state index in [0.29, 0.717) is 0 Å². The molecule has 2 amide bonds. The van der Waals surface area contributed by atoms with Crippen LogP contribution in [0.5, 0.6) is 0 Å². The Balaban J connectivity index is 2.86. The highest BCUT2D eigenvalue weighted by Gasteiger charge is 2.22. The summed E-state index contributed by atoms with van der Waals surface area (Å²) in [4.78, 5) is 24.8. The maximum absolute atomic E-state index is 12.1. The molecule has 4 heteroatoms. The predicted molar refractivity (Wildman–Crippen MR) is 71.1 cm³/mol. The van der Waals surface area contributed by atoms with Crippen LogP contribution in [0, 0.1) is 0 Å². The molecule has 1 aromatic carbocycles. The minimum absolute atomic E-state index is 0.0365. The Bertz CT molecular complexity index is 427. The SMILES string of the molecule is C=CC(=O)NCC(C(=O)N(C)C)c1ccccc1. The normalized spacial score (nSPS) is 11.4. The van der Waals surface area contributed by atoms with E-state index in [2.05, 4.69) is 11.9 Å². The molecule has 0 aliphatic rings. The van der Waals surface area contributed by atoms with Crippen LogP contribution in [0.1, 0.15) is 11.5 Å². The number of likely N-dealkylation sites (N-methyl/N-ethyl adjacent to an activating group) is 1. The van der Waals surface area contributed by atoms with Crippen molar-refractivity contribution >= 4 is 11.8 Å². The first-order valence-electron chi connectivity index (χ1n) is 5.72. The first-order valence-corrected chi connectivity index (χ1v) is 5.72. The van der Waals surface area contributed by atoms with Crippen LogP contribution in [0.3, 0.4) is 0 Å². The molecule has 1 N–H and O–H groups in total. The van der Waals surface area contributed by atoms with Crippen molar-refractivity contribution in [1.82, 2.24) is 10.2 Å². The number of benzene rings is 1. The lowest BCUT2D eigenvalue weighted by Crippen LogP contribution is -2.36. The number of hydrogen-bond donors (Lipinski definition) is 1. The molecule has 0 aromatic heterocycles. The van der Waals surface area contributed by atoms with Crippen LogP contribution in [0.25, 0.3) is 0 Å². The van der Waals surface area contributed by atoms with Crippen molar-refractivity contribution in [2.24, 2.45) is 0 Å². The van der Waals surface area contributed by atoms with Gasteiger partial charge in [-0.15, -0.1) is 0 Å². The van der Waals surface area contributed by atoms with Gasteiger partial charge in [0.15, 0.2) is 0 Å². The van der Waals surface area contributed by atoms with E-state index >= 15 is 0 Å². The van der Waals surface area contributed by atoms with Gasteiger partial charge in [0, 0.05) is 20.6 Å². The number of carbonyl (C=O) groups is 2. The Morgan fingerprint density at radius 1 is 1.33 bits per heavy atom. The van der Waals surface area contributed by atoms with Gasteiger partial charge in [0.1, 0.15) is 0 Å². The van der Waals surface area contributed by atoms with Gasteiger partial charge in [-0.1, -0.05) is 36.9 Å². The minimum atomic E-state index is -0.370.